The van der Waals surface area contributed by atoms with Crippen LogP contribution in [0.5, 0.6) is 0 Å². The number of Topliss-reactive ketones (excluding diaryl/α,β-unsaturated/α-hetero) is 1. The minimum atomic E-state index is 0.220. The summed E-state index contributed by atoms with van der Waals surface area (Å²) in [6.07, 6.45) is 7.49. The lowest BCUT2D eigenvalue weighted by molar-refractivity contribution is -0.120. The number of aryl methyl sites for hydroxylation is 1. The Kier molecular flexibility index (Phi) is 4.02. The maximum atomic E-state index is 12.5. The summed E-state index contributed by atoms with van der Waals surface area (Å²) in [5, 5.41) is 6.42. The maximum Gasteiger partial charge on any atom is 0.152 e. The summed E-state index contributed by atoms with van der Waals surface area (Å²) in [4.78, 5) is 19.3. The average Bonchev–Trinajstić information content (AvgIpc) is 3.38. The zero-order valence-corrected chi connectivity index (χ0v) is 15.3. The molecule has 2 fully saturated rings. The Hall–Kier alpha value is -2.57. The fourth-order valence-corrected chi connectivity index (χ4v) is 4.19. The van der Waals surface area contributed by atoms with Crippen LogP contribution in [0, 0.1) is 0 Å². The van der Waals surface area contributed by atoms with Crippen molar-refractivity contribution in [3.8, 4) is 11.1 Å². The number of ether oxygens (including phenoxy) is 1. The molecule has 0 amide bonds. The third kappa shape index (κ3) is 3.26. The molecule has 4 heterocycles. The quantitative estimate of drug-likeness (QED) is 0.697. The molecule has 5 rings (SSSR count). The molecule has 6 heteroatoms. The number of likely N-dealkylation sites (tertiary alicyclic amines) is 1. The summed E-state index contributed by atoms with van der Waals surface area (Å²) in [7, 11) is 1.91. The lowest BCUT2D eigenvalue weighted by atomic mass is 10.0. The third-order valence-electron chi connectivity index (χ3n) is 5.59. The lowest BCUT2D eigenvalue weighted by Gasteiger charge is -2.25. The molecule has 6 nitrogen and oxygen atoms in total. The van der Waals surface area contributed by atoms with Crippen molar-refractivity contribution in [2.45, 2.75) is 25.0 Å². The van der Waals surface area contributed by atoms with Crippen molar-refractivity contribution in [2.24, 2.45) is 7.05 Å². The van der Waals surface area contributed by atoms with Gasteiger partial charge in [0.2, 0.25) is 0 Å². The van der Waals surface area contributed by atoms with E-state index < -0.39 is 0 Å². The fourth-order valence-electron chi connectivity index (χ4n) is 4.19. The molecule has 2 aliphatic rings. The van der Waals surface area contributed by atoms with Crippen molar-refractivity contribution in [3.05, 3.63) is 48.5 Å². The van der Waals surface area contributed by atoms with Crippen LogP contribution in [0.4, 0.5) is 0 Å². The number of hydrogen-bond acceptors (Lipinski definition) is 5. The Morgan fingerprint density at radius 3 is 2.89 bits per heavy atom. The second-order valence-corrected chi connectivity index (χ2v) is 7.63. The van der Waals surface area contributed by atoms with Crippen LogP contribution < -0.4 is 0 Å². The second-order valence-electron chi connectivity index (χ2n) is 7.63. The van der Waals surface area contributed by atoms with Gasteiger partial charge in [0.05, 0.1) is 31.9 Å². The normalized spacial score (nSPS) is 22.0. The van der Waals surface area contributed by atoms with Crippen LogP contribution in [0.2, 0.25) is 0 Å². The zero-order chi connectivity index (χ0) is 18.4. The summed E-state index contributed by atoms with van der Waals surface area (Å²) < 4.78 is 7.41. The molecule has 2 saturated heterocycles. The molecule has 2 aromatic heterocycles. The van der Waals surface area contributed by atoms with E-state index in [9.17, 15) is 4.79 Å². The molecule has 138 valence electrons. The first-order valence-corrected chi connectivity index (χ1v) is 9.39. The first-order chi connectivity index (χ1) is 13.1. The van der Waals surface area contributed by atoms with Gasteiger partial charge < -0.3 is 4.74 Å². The number of hydrogen-bond donors (Lipinski definition) is 0. The number of benzene rings is 1. The van der Waals surface area contributed by atoms with Gasteiger partial charge in [-0.3, -0.25) is 19.4 Å². The number of carbonyl (C=O) groups is 1. The summed E-state index contributed by atoms with van der Waals surface area (Å²) in [5.74, 6) is 0.220. The molecule has 1 aromatic carbocycles. The largest absolute Gasteiger partial charge is 0.375 e. The standard InChI is InChI=1S/C21H22N4O2/c1-24-10-17(9-23-24)14-2-3-15-8-22-18(5-16(15)4-14)6-20(26)11-25-12-21-7-19(25)13-27-21/h2-5,8-10,19,21H,6-7,11-13H2,1H3/t19-,21-/m0/s1. The Labute approximate surface area is 157 Å². The minimum absolute atomic E-state index is 0.220. The molecule has 2 aliphatic heterocycles. The highest BCUT2D eigenvalue weighted by Crippen LogP contribution is 2.28. The Bertz CT molecular complexity index is 1010. The van der Waals surface area contributed by atoms with Gasteiger partial charge in [-0.2, -0.15) is 5.10 Å². The number of carbonyl (C=O) groups excluding carboxylic acids is 1. The molecule has 0 spiro atoms. The molecular weight excluding hydrogens is 340 g/mol. The van der Waals surface area contributed by atoms with E-state index in [0.29, 0.717) is 25.1 Å². The van der Waals surface area contributed by atoms with E-state index in [1.165, 1.54) is 0 Å². The molecule has 27 heavy (non-hydrogen) atoms. The smallest absolute Gasteiger partial charge is 0.152 e. The van der Waals surface area contributed by atoms with Gasteiger partial charge in [0.25, 0.3) is 0 Å². The van der Waals surface area contributed by atoms with Crippen molar-refractivity contribution in [3.63, 3.8) is 0 Å². The molecule has 0 radical (unpaired) electrons. The molecule has 0 aliphatic carbocycles. The Balaban J connectivity index is 1.33. The van der Waals surface area contributed by atoms with Crippen LogP contribution in [-0.2, 0) is 23.0 Å². The molecule has 0 saturated carbocycles. The number of pyridine rings is 1. The van der Waals surface area contributed by atoms with Gasteiger partial charge in [-0.05, 0) is 29.5 Å². The highest BCUT2D eigenvalue weighted by Gasteiger charge is 2.39. The minimum Gasteiger partial charge on any atom is -0.375 e. The summed E-state index contributed by atoms with van der Waals surface area (Å²) in [6, 6.07) is 8.74. The highest BCUT2D eigenvalue weighted by molar-refractivity contribution is 5.88. The number of nitrogens with zero attached hydrogens (tertiary/aromatic N) is 4. The number of morpholine rings is 1. The average molecular weight is 362 g/mol. The highest BCUT2D eigenvalue weighted by atomic mass is 16.5. The van der Waals surface area contributed by atoms with Crippen molar-refractivity contribution < 1.29 is 9.53 Å². The summed E-state index contributed by atoms with van der Waals surface area (Å²) in [5.41, 5.74) is 3.03. The van der Waals surface area contributed by atoms with E-state index in [-0.39, 0.29) is 5.78 Å². The lowest BCUT2D eigenvalue weighted by Crippen LogP contribution is -2.40. The van der Waals surface area contributed by atoms with Gasteiger partial charge in [-0.25, -0.2) is 0 Å². The summed E-state index contributed by atoms with van der Waals surface area (Å²) >= 11 is 0. The van der Waals surface area contributed by atoms with Gasteiger partial charge in [-0.1, -0.05) is 12.1 Å². The van der Waals surface area contributed by atoms with Crippen LogP contribution in [-0.4, -0.2) is 57.3 Å². The monoisotopic (exact) mass is 362 g/mol. The second kappa shape index (κ2) is 6.55. The van der Waals surface area contributed by atoms with E-state index in [1.807, 2.05) is 31.7 Å². The topological polar surface area (TPSA) is 60.2 Å². The molecule has 3 aromatic rings. The van der Waals surface area contributed by atoms with E-state index in [4.69, 9.17) is 4.74 Å². The van der Waals surface area contributed by atoms with E-state index in [0.717, 1.165) is 47.2 Å². The van der Waals surface area contributed by atoms with Gasteiger partial charge in [-0.15, -0.1) is 0 Å². The van der Waals surface area contributed by atoms with Crippen LogP contribution in [0.15, 0.2) is 42.9 Å². The fraction of sp³-hybridized carbons (Fsp3) is 0.381. The van der Waals surface area contributed by atoms with E-state index >= 15 is 0 Å². The number of aromatic nitrogens is 3. The molecular formula is C21H22N4O2. The predicted molar refractivity (Wildman–Crippen MR) is 102 cm³/mol. The number of fused-ring (bicyclic) bond motifs is 3. The SMILES string of the molecule is Cn1cc(-c2ccc3cnc(CC(=O)CN4C[C@@H]5C[C@H]4CO5)cc3c2)cn1. The van der Waals surface area contributed by atoms with Crippen LogP contribution in [0.25, 0.3) is 21.9 Å². The van der Waals surface area contributed by atoms with Crippen molar-refractivity contribution in [1.82, 2.24) is 19.7 Å². The van der Waals surface area contributed by atoms with Gasteiger partial charge >= 0.3 is 0 Å². The first-order valence-electron chi connectivity index (χ1n) is 9.39. The van der Waals surface area contributed by atoms with Gasteiger partial charge in [0.15, 0.2) is 5.78 Å². The van der Waals surface area contributed by atoms with Crippen LogP contribution in [0.1, 0.15) is 12.1 Å². The number of ketones is 1. The Morgan fingerprint density at radius 2 is 2.15 bits per heavy atom. The van der Waals surface area contributed by atoms with E-state index in [1.54, 1.807) is 4.68 Å². The maximum absolute atomic E-state index is 12.5. The molecule has 2 atom stereocenters. The van der Waals surface area contributed by atoms with E-state index in [2.05, 4.69) is 33.2 Å². The first kappa shape index (κ1) is 16.6. The summed E-state index contributed by atoms with van der Waals surface area (Å²) in [6.45, 7) is 2.15. The van der Waals surface area contributed by atoms with Gasteiger partial charge in [0, 0.05) is 48.7 Å². The Morgan fingerprint density at radius 1 is 1.22 bits per heavy atom. The molecule has 0 N–H and O–H groups in total. The number of rotatable bonds is 5. The van der Waals surface area contributed by atoms with Crippen molar-refractivity contribution in [1.29, 1.82) is 0 Å². The van der Waals surface area contributed by atoms with Gasteiger partial charge in [0.1, 0.15) is 0 Å². The van der Waals surface area contributed by atoms with Crippen LogP contribution in [0.3, 0.4) is 0 Å². The van der Waals surface area contributed by atoms with Crippen LogP contribution >= 0.6 is 0 Å². The third-order valence-corrected chi connectivity index (χ3v) is 5.59. The van der Waals surface area contributed by atoms with Crippen molar-refractivity contribution >= 4 is 16.6 Å². The molecule has 2 bridgehead atoms. The predicted octanol–water partition coefficient (Wildman–Crippen LogP) is 2.22. The molecule has 0 unspecified atom stereocenters. The van der Waals surface area contributed by atoms with Crippen molar-refractivity contribution in [2.75, 3.05) is 19.7 Å². The zero-order valence-electron chi connectivity index (χ0n) is 15.3.